The SMILES string of the molecule is OC(c1cc(Cl)ccc1Cl)c1cnn2ccncc12. The average molecular weight is 294 g/mol. The Morgan fingerprint density at radius 2 is 2.00 bits per heavy atom. The quantitative estimate of drug-likeness (QED) is 0.790. The summed E-state index contributed by atoms with van der Waals surface area (Å²) in [5.74, 6) is 0. The molecule has 0 saturated carbocycles. The van der Waals surface area contributed by atoms with E-state index in [2.05, 4.69) is 10.1 Å². The zero-order valence-corrected chi connectivity index (χ0v) is 11.2. The van der Waals surface area contributed by atoms with Crippen LogP contribution in [0.3, 0.4) is 0 Å². The molecule has 0 aliphatic heterocycles. The normalized spacial score (nSPS) is 12.8. The molecule has 6 heteroatoms. The van der Waals surface area contributed by atoms with Crippen LogP contribution in [0.25, 0.3) is 5.52 Å². The predicted molar refractivity (Wildman–Crippen MR) is 73.5 cm³/mol. The number of rotatable bonds is 2. The standard InChI is InChI=1S/C13H9Cl2N3O/c14-8-1-2-11(15)9(5-8)13(19)10-6-17-18-4-3-16-7-12(10)18/h1-7,13,19H. The van der Waals surface area contributed by atoms with Crippen molar-refractivity contribution >= 4 is 28.7 Å². The van der Waals surface area contributed by atoms with Gasteiger partial charge in [-0.2, -0.15) is 5.10 Å². The molecule has 1 aromatic carbocycles. The summed E-state index contributed by atoms with van der Waals surface area (Å²) in [5.41, 5.74) is 1.91. The Bertz CT molecular complexity index is 742. The minimum absolute atomic E-state index is 0.458. The Balaban J connectivity index is 2.13. The van der Waals surface area contributed by atoms with Crippen molar-refractivity contribution in [1.29, 1.82) is 0 Å². The number of aliphatic hydroxyl groups is 1. The van der Waals surface area contributed by atoms with E-state index >= 15 is 0 Å². The fourth-order valence-corrected chi connectivity index (χ4v) is 2.36. The van der Waals surface area contributed by atoms with Crippen LogP contribution in [0.2, 0.25) is 10.0 Å². The highest BCUT2D eigenvalue weighted by molar-refractivity contribution is 6.33. The van der Waals surface area contributed by atoms with E-state index in [1.54, 1.807) is 47.5 Å². The summed E-state index contributed by atoms with van der Waals surface area (Å²) in [7, 11) is 0. The Morgan fingerprint density at radius 1 is 1.16 bits per heavy atom. The lowest BCUT2D eigenvalue weighted by Crippen LogP contribution is -2.00. The molecule has 1 atom stereocenters. The minimum Gasteiger partial charge on any atom is -0.383 e. The number of fused-ring (bicyclic) bond motifs is 1. The van der Waals surface area contributed by atoms with Gasteiger partial charge in [0.05, 0.1) is 17.9 Å². The summed E-state index contributed by atoms with van der Waals surface area (Å²) in [6.45, 7) is 0. The van der Waals surface area contributed by atoms with Gasteiger partial charge in [0, 0.05) is 33.6 Å². The van der Waals surface area contributed by atoms with E-state index in [4.69, 9.17) is 23.2 Å². The number of hydrogen-bond acceptors (Lipinski definition) is 3. The van der Waals surface area contributed by atoms with E-state index in [1.807, 2.05) is 0 Å². The zero-order chi connectivity index (χ0) is 13.4. The first-order chi connectivity index (χ1) is 9.16. The van der Waals surface area contributed by atoms with E-state index in [1.165, 1.54) is 0 Å². The van der Waals surface area contributed by atoms with Crippen molar-refractivity contribution in [3.05, 3.63) is 64.2 Å². The maximum absolute atomic E-state index is 10.5. The number of hydrogen-bond donors (Lipinski definition) is 1. The van der Waals surface area contributed by atoms with Crippen LogP contribution in [0.5, 0.6) is 0 Å². The summed E-state index contributed by atoms with van der Waals surface area (Å²) in [4.78, 5) is 4.03. The number of aliphatic hydroxyl groups excluding tert-OH is 1. The van der Waals surface area contributed by atoms with Gasteiger partial charge >= 0.3 is 0 Å². The third-order valence-corrected chi connectivity index (χ3v) is 3.48. The minimum atomic E-state index is -0.895. The summed E-state index contributed by atoms with van der Waals surface area (Å²) in [6, 6.07) is 4.98. The van der Waals surface area contributed by atoms with E-state index in [9.17, 15) is 5.11 Å². The molecular formula is C13H9Cl2N3O. The Labute approximate surface area is 119 Å². The zero-order valence-electron chi connectivity index (χ0n) is 9.66. The fraction of sp³-hybridized carbons (Fsp3) is 0.0769. The first-order valence-corrected chi connectivity index (χ1v) is 6.32. The highest BCUT2D eigenvalue weighted by atomic mass is 35.5. The fourth-order valence-electron chi connectivity index (χ4n) is 1.96. The maximum atomic E-state index is 10.5. The molecule has 0 fully saturated rings. The molecule has 3 aromatic rings. The summed E-state index contributed by atoms with van der Waals surface area (Å²) in [5, 5.41) is 15.6. The molecular weight excluding hydrogens is 285 g/mol. The highest BCUT2D eigenvalue weighted by Crippen LogP contribution is 2.32. The molecule has 0 radical (unpaired) electrons. The van der Waals surface area contributed by atoms with Crippen molar-refractivity contribution in [2.24, 2.45) is 0 Å². The first-order valence-electron chi connectivity index (χ1n) is 5.57. The summed E-state index contributed by atoms with van der Waals surface area (Å²) >= 11 is 12.0. The number of aromatic nitrogens is 3. The van der Waals surface area contributed by atoms with Gasteiger partial charge in [-0.15, -0.1) is 0 Å². The topological polar surface area (TPSA) is 50.4 Å². The van der Waals surface area contributed by atoms with Gasteiger partial charge in [0.2, 0.25) is 0 Å². The van der Waals surface area contributed by atoms with Crippen LogP contribution in [-0.4, -0.2) is 19.7 Å². The lowest BCUT2D eigenvalue weighted by Gasteiger charge is -2.12. The average Bonchev–Trinajstić information content (AvgIpc) is 2.84. The van der Waals surface area contributed by atoms with Crippen LogP contribution in [-0.2, 0) is 0 Å². The molecule has 1 N–H and O–H groups in total. The van der Waals surface area contributed by atoms with Crippen molar-refractivity contribution < 1.29 is 5.11 Å². The summed E-state index contributed by atoms with van der Waals surface area (Å²) in [6.07, 6.45) is 5.68. The van der Waals surface area contributed by atoms with Gasteiger partial charge in [-0.05, 0) is 18.2 Å². The van der Waals surface area contributed by atoms with Gasteiger partial charge in [0.1, 0.15) is 6.10 Å². The van der Waals surface area contributed by atoms with Crippen molar-refractivity contribution in [2.45, 2.75) is 6.10 Å². The lowest BCUT2D eigenvalue weighted by atomic mass is 10.0. The molecule has 0 spiro atoms. The molecule has 2 aromatic heterocycles. The second-order valence-corrected chi connectivity index (χ2v) is 4.92. The molecule has 0 bridgehead atoms. The predicted octanol–water partition coefficient (Wildman–Crippen LogP) is 3.12. The van der Waals surface area contributed by atoms with Crippen LogP contribution in [0.15, 0.2) is 43.0 Å². The smallest absolute Gasteiger partial charge is 0.109 e. The third kappa shape index (κ3) is 2.18. The van der Waals surface area contributed by atoms with Crippen LogP contribution in [0.4, 0.5) is 0 Å². The van der Waals surface area contributed by atoms with E-state index in [0.29, 0.717) is 21.2 Å². The van der Waals surface area contributed by atoms with Gasteiger partial charge < -0.3 is 5.11 Å². The monoisotopic (exact) mass is 293 g/mol. The molecule has 0 saturated heterocycles. The Morgan fingerprint density at radius 3 is 2.84 bits per heavy atom. The Hall–Kier alpha value is -1.62. The molecule has 0 aliphatic carbocycles. The van der Waals surface area contributed by atoms with Crippen molar-refractivity contribution in [3.63, 3.8) is 0 Å². The molecule has 0 aliphatic rings. The molecule has 3 rings (SSSR count). The Kier molecular flexibility index (Phi) is 3.14. The van der Waals surface area contributed by atoms with Crippen molar-refractivity contribution in [1.82, 2.24) is 14.6 Å². The molecule has 2 heterocycles. The van der Waals surface area contributed by atoms with Crippen LogP contribution in [0, 0.1) is 0 Å². The van der Waals surface area contributed by atoms with Gasteiger partial charge in [0.15, 0.2) is 0 Å². The third-order valence-electron chi connectivity index (χ3n) is 2.90. The number of nitrogens with zero attached hydrogens (tertiary/aromatic N) is 3. The second-order valence-electron chi connectivity index (χ2n) is 4.07. The molecule has 0 amide bonds. The first kappa shape index (κ1) is 12.4. The largest absolute Gasteiger partial charge is 0.383 e. The molecule has 96 valence electrons. The second kappa shape index (κ2) is 4.81. The maximum Gasteiger partial charge on any atom is 0.109 e. The summed E-state index contributed by atoms with van der Waals surface area (Å²) < 4.78 is 1.64. The lowest BCUT2D eigenvalue weighted by molar-refractivity contribution is 0.222. The molecule has 1 unspecified atom stereocenters. The van der Waals surface area contributed by atoms with Gasteiger partial charge in [-0.3, -0.25) is 4.98 Å². The van der Waals surface area contributed by atoms with Crippen molar-refractivity contribution in [3.8, 4) is 0 Å². The highest BCUT2D eigenvalue weighted by Gasteiger charge is 2.18. The molecule has 4 nitrogen and oxygen atoms in total. The number of benzene rings is 1. The van der Waals surface area contributed by atoms with Crippen LogP contribution >= 0.6 is 23.2 Å². The van der Waals surface area contributed by atoms with Gasteiger partial charge in [-0.25, -0.2) is 4.52 Å². The van der Waals surface area contributed by atoms with E-state index in [-0.39, 0.29) is 0 Å². The van der Waals surface area contributed by atoms with E-state index < -0.39 is 6.10 Å². The van der Waals surface area contributed by atoms with Gasteiger partial charge in [-0.1, -0.05) is 23.2 Å². The van der Waals surface area contributed by atoms with E-state index in [0.717, 1.165) is 5.52 Å². The van der Waals surface area contributed by atoms with Crippen LogP contribution in [0.1, 0.15) is 17.2 Å². The van der Waals surface area contributed by atoms with Crippen molar-refractivity contribution in [2.75, 3.05) is 0 Å². The van der Waals surface area contributed by atoms with Gasteiger partial charge in [0.25, 0.3) is 0 Å². The number of halogens is 2. The van der Waals surface area contributed by atoms with Crippen LogP contribution < -0.4 is 0 Å². The molecule has 19 heavy (non-hydrogen) atoms.